The Morgan fingerprint density at radius 2 is 1.94 bits per heavy atom. The maximum Gasteiger partial charge on any atom is 0.277 e. The number of fused-ring (bicyclic) bond motifs is 1. The second kappa shape index (κ2) is 10.4. The van der Waals surface area contributed by atoms with Crippen LogP contribution in [0.1, 0.15) is 45.1 Å². The summed E-state index contributed by atoms with van der Waals surface area (Å²) >= 11 is 0. The van der Waals surface area contributed by atoms with Crippen molar-refractivity contribution in [2.45, 2.75) is 51.9 Å². The van der Waals surface area contributed by atoms with Crippen molar-refractivity contribution < 1.29 is 18.3 Å². The molecule has 1 aromatic carbocycles. The van der Waals surface area contributed by atoms with Crippen LogP contribution in [-0.4, -0.2) is 63.7 Å². The Labute approximate surface area is 193 Å². The predicted molar refractivity (Wildman–Crippen MR) is 125 cm³/mol. The van der Waals surface area contributed by atoms with Crippen molar-refractivity contribution in [3.8, 4) is 17.1 Å². The lowest BCUT2D eigenvalue weighted by atomic mass is 10.2. The van der Waals surface area contributed by atoms with E-state index >= 15 is 0 Å². The second-order valence-corrected chi connectivity index (χ2v) is 9.53. The molecule has 2 aromatic heterocycles. The normalized spacial score (nSPS) is 12.1. The van der Waals surface area contributed by atoms with Gasteiger partial charge in [0.05, 0.1) is 24.5 Å². The zero-order valence-corrected chi connectivity index (χ0v) is 20.3. The van der Waals surface area contributed by atoms with Gasteiger partial charge in [-0.1, -0.05) is 19.9 Å². The van der Waals surface area contributed by atoms with E-state index in [9.17, 15) is 18.3 Å². The summed E-state index contributed by atoms with van der Waals surface area (Å²) in [5.74, 6) is 0.957. The number of aliphatic hydroxyl groups is 1. The third-order valence-electron chi connectivity index (χ3n) is 5.18. The Hall–Kier alpha value is -2.76. The standard InChI is InChI=1S/C22H31N5O5S/c1-5-9-18-23-15(4)19-22(29)24-21(25-27(18)19)16-10-8-11-17(20(16)32-7-3)33(30,31)26(12-6-2)13-14-28/h8,10-11,28H,5-7,9,12-14H2,1-4H3,(H,24,25,29). The molecule has 11 heteroatoms. The van der Waals surface area contributed by atoms with Gasteiger partial charge >= 0.3 is 0 Å². The molecule has 0 aliphatic heterocycles. The molecule has 0 saturated carbocycles. The topological polar surface area (TPSA) is 130 Å². The summed E-state index contributed by atoms with van der Waals surface area (Å²) in [6.45, 7) is 7.54. The number of para-hydroxylation sites is 1. The molecule has 2 heterocycles. The van der Waals surface area contributed by atoms with Crippen LogP contribution < -0.4 is 10.3 Å². The Kier molecular flexibility index (Phi) is 7.88. The first-order chi connectivity index (χ1) is 15.8. The second-order valence-electron chi connectivity index (χ2n) is 7.62. The molecule has 0 radical (unpaired) electrons. The molecule has 0 aliphatic carbocycles. The highest BCUT2D eigenvalue weighted by molar-refractivity contribution is 7.89. The van der Waals surface area contributed by atoms with Crippen LogP contribution in [0.4, 0.5) is 0 Å². The highest BCUT2D eigenvalue weighted by atomic mass is 32.2. The molecule has 0 bridgehead atoms. The molecule has 0 amide bonds. The molecule has 0 unspecified atom stereocenters. The van der Waals surface area contributed by atoms with Gasteiger partial charge in [-0.25, -0.2) is 17.9 Å². The molecular formula is C22H31N5O5S. The quantitative estimate of drug-likeness (QED) is 0.433. The number of aromatic amines is 1. The number of benzene rings is 1. The van der Waals surface area contributed by atoms with Gasteiger partial charge in [0.2, 0.25) is 10.0 Å². The van der Waals surface area contributed by atoms with Crippen LogP contribution in [0.3, 0.4) is 0 Å². The first kappa shape index (κ1) is 24.9. The fourth-order valence-corrected chi connectivity index (χ4v) is 5.47. The van der Waals surface area contributed by atoms with Gasteiger partial charge in [0.25, 0.3) is 5.56 Å². The monoisotopic (exact) mass is 477 g/mol. The van der Waals surface area contributed by atoms with Gasteiger partial charge in [-0.2, -0.15) is 4.31 Å². The van der Waals surface area contributed by atoms with E-state index in [1.165, 1.54) is 14.9 Å². The summed E-state index contributed by atoms with van der Waals surface area (Å²) in [6.07, 6.45) is 2.07. The maximum atomic E-state index is 13.4. The van der Waals surface area contributed by atoms with E-state index in [4.69, 9.17) is 4.74 Å². The number of hydrogen-bond donors (Lipinski definition) is 2. The van der Waals surface area contributed by atoms with Crippen LogP contribution in [0.25, 0.3) is 16.9 Å². The number of nitrogens with zero attached hydrogens (tertiary/aromatic N) is 4. The van der Waals surface area contributed by atoms with Crippen molar-refractivity contribution >= 4 is 15.5 Å². The third kappa shape index (κ3) is 4.80. The maximum absolute atomic E-state index is 13.4. The van der Waals surface area contributed by atoms with Crippen LogP contribution in [0.5, 0.6) is 5.75 Å². The summed E-state index contributed by atoms with van der Waals surface area (Å²) in [6, 6.07) is 4.71. The molecule has 33 heavy (non-hydrogen) atoms. The van der Waals surface area contributed by atoms with Crippen LogP contribution in [0, 0.1) is 6.92 Å². The minimum atomic E-state index is -3.96. The van der Waals surface area contributed by atoms with Crippen molar-refractivity contribution in [2.24, 2.45) is 0 Å². The van der Waals surface area contributed by atoms with Gasteiger partial charge in [-0.15, -0.1) is 5.10 Å². The zero-order chi connectivity index (χ0) is 24.2. The van der Waals surface area contributed by atoms with Crippen LogP contribution in [0.15, 0.2) is 27.9 Å². The molecule has 0 aliphatic rings. The Bertz CT molecular complexity index is 1280. The van der Waals surface area contributed by atoms with Crippen LogP contribution in [-0.2, 0) is 16.4 Å². The average molecular weight is 478 g/mol. The van der Waals surface area contributed by atoms with Crippen molar-refractivity contribution in [3.63, 3.8) is 0 Å². The molecule has 10 nitrogen and oxygen atoms in total. The van der Waals surface area contributed by atoms with Crippen molar-refractivity contribution in [1.29, 1.82) is 0 Å². The summed E-state index contributed by atoms with van der Waals surface area (Å²) in [4.78, 5) is 20.1. The summed E-state index contributed by atoms with van der Waals surface area (Å²) in [5.41, 5.74) is 0.933. The molecule has 2 N–H and O–H groups in total. The molecule has 3 aromatic rings. The van der Waals surface area contributed by atoms with E-state index in [2.05, 4.69) is 15.1 Å². The Balaban J connectivity index is 2.26. The van der Waals surface area contributed by atoms with Gasteiger partial charge in [-0.05, 0) is 38.8 Å². The molecular weight excluding hydrogens is 446 g/mol. The summed E-state index contributed by atoms with van der Waals surface area (Å²) < 4.78 is 35.4. The molecule has 0 atom stereocenters. The summed E-state index contributed by atoms with van der Waals surface area (Å²) in [5, 5.41) is 14.0. The molecule has 180 valence electrons. The van der Waals surface area contributed by atoms with Gasteiger partial charge in [0.15, 0.2) is 11.3 Å². The number of nitrogens with one attached hydrogen (secondary N) is 1. The number of aryl methyl sites for hydroxylation is 2. The van der Waals surface area contributed by atoms with Crippen LogP contribution in [0.2, 0.25) is 0 Å². The fourth-order valence-electron chi connectivity index (χ4n) is 3.79. The highest BCUT2D eigenvalue weighted by Gasteiger charge is 2.29. The number of ether oxygens (including phenoxy) is 1. The first-order valence-corrected chi connectivity index (χ1v) is 12.6. The van der Waals surface area contributed by atoms with E-state index in [1.807, 2.05) is 13.8 Å². The number of rotatable bonds is 11. The minimum absolute atomic E-state index is 0.0261. The van der Waals surface area contributed by atoms with E-state index < -0.39 is 10.0 Å². The van der Waals surface area contributed by atoms with E-state index in [1.54, 1.807) is 26.0 Å². The van der Waals surface area contributed by atoms with Crippen molar-refractivity contribution in [3.05, 3.63) is 40.1 Å². The third-order valence-corrected chi connectivity index (χ3v) is 7.10. The lowest BCUT2D eigenvalue weighted by molar-refractivity contribution is 0.253. The highest BCUT2D eigenvalue weighted by Crippen LogP contribution is 2.35. The lowest BCUT2D eigenvalue weighted by Gasteiger charge is -2.23. The molecule has 0 saturated heterocycles. The van der Waals surface area contributed by atoms with Crippen LogP contribution >= 0.6 is 0 Å². The smallest absolute Gasteiger partial charge is 0.277 e. The van der Waals surface area contributed by atoms with Crippen molar-refractivity contribution in [2.75, 3.05) is 26.3 Å². The van der Waals surface area contributed by atoms with Crippen molar-refractivity contribution in [1.82, 2.24) is 23.9 Å². The van der Waals surface area contributed by atoms with Gasteiger partial charge in [-0.3, -0.25) is 4.79 Å². The van der Waals surface area contributed by atoms with Gasteiger partial charge < -0.3 is 14.8 Å². The number of sulfonamides is 1. The Morgan fingerprint density at radius 1 is 1.18 bits per heavy atom. The fraction of sp³-hybridized carbons (Fsp3) is 0.500. The molecule has 0 spiro atoms. The average Bonchev–Trinajstić information content (AvgIpc) is 3.09. The molecule has 0 fully saturated rings. The minimum Gasteiger partial charge on any atom is -0.492 e. The number of H-pyrrole nitrogens is 1. The van der Waals surface area contributed by atoms with Gasteiger partial charge in [0.1, 0.15) is 16.5 Å². The number of imidazole rings is 1. The zero-order valence-electron chi connectivity index (χ0n) is 19.5. The number of hydrogen-bond acceptors (Lipinski definition) is 7. The number of aliphatic hydroxyl groups excluding tert-OH is 1. The van der Waals surface area contributed by atoms with E-state index in [0.717, 1.165) is 6.42 Å². The largest absolute Gasteiger partial charge is 0.492 e. The molecule has 3 rings (SSSR count). The van der Waals surface area contributed by atoms with Gasteiger partial charge in [0, 0.05) is 19.5 Å². The van der Waals surface area contributed by atoms with E-state index in [0.29, 0.717) is 35.4 Å². The number of aromatic nitrogens is 4. The predicted octanol–water partition coefficient (Wildman–Crippen LogP) is 2.14. The first-order valence-electron chi connectivity index (χ1n) is 11.2. The SMILES string of the molecule is CCCc1nc(C)c2c(=O)[nH]c(-c3cccc(S(=O)(=O)N(CCC)CCO)c3OCC)nn12. The lowest BCUT2D eigenvalue weighted by Crippen LogP contribution is -2.34. The Morgan fingerprint density at radius 3 is 2.58 bits per heavy atom. The van der Waals surface area contributed by atoms with E-state index in [-0.39, 0.29) is 48.3 Å². The summed E-state index contributed by atoms with van der Waals surface area (Å²) in [7, 11) is -3.96.